The molecule has 104 valence electrons. The molecule has 0 radical (unpaired) electrons. The van der Waals surface area contributed by atoms with Gasteiger partial charge in [0, 0.05) is 6.42 Å². The summed E-state index contributed by atoms with van der Waals surface area (Å²) in [6, 6.07) is 7.20. The molecule has 2 rings (SSSR count). The maximum atomic E-state index is 13.6. The Balaban J connectivity index is 2.19. The number of rotatable bonds is 4. The summed E-state index contributed by atoms with van der Waals surface area (Å²) in [5.74, 6) is -0.915. The fraction of sp³-hybridized carbons (Fsp3) is 0.250. The molecule has 0 saturated heterocycles. The number of halogens is 2. The molecule has 20 heavy (non-hydrogen) atoms. The van der Waals surface area contributed by atoms with E-state index in [9.17, 15) is 13.6 Å². The summed E-state index contributed by atoms with van der Waals surface area (Å²) in [5.41, 5.74) is 1.52. The standard InChI is InChI=1S/C16H15F2NO/c1-10(2)13-7-11(3-5-14(13)18)8-16(20)15-6-4-12(17)9-19-15/h3-7,9-10H,8H2,1-2H3. The van der Waals surface area contributed by atoms with Crippen LogP contribution in [0.15, 0.2) is 36.5 Å². The summed E-state index contributed by atoms with van der Waals surface area (Å²) in [6.07, 6.45) is 1.13. The minimum Gasteiger partial charge on any atom is -0.292 e. The van der Waals surface area contributed by atoms with Crippen LogP contribution in [0.25, 0.3) is 0 Å². The number of hydrogen-bond donors (Lipinski definition) is 0. The molecule has 1 aromatic carbocycles. The Morgan fingerprint density at radius 1 is 1.20 bits per heavy atom. The highest BCUT2D eigenvalue weighted by Gasteiger charge is 2.12. The highest BCUT2D eigenvalue weighted by atomic mass is 19.1. The molecule has 0 unspecified atom stereocenters. The maximum Gasteiger partial charge on any atom is 0.185 e. The van der Waals surface area contributed by atoms with Crippen molar-refractivity contribution >= 4 is 5.78 Å². The fourth-order valence-corrected chi connectivity index (χ4v) is 1.96. The lowest BCUT2D eigenvalue weighted by Gasteiger charge is -2.09. The van der Waals surface area contributed by atoms with Crippen LogP contribution < -0.4 is 0 Å². The van der Waals surface area contributed by atoms with E-state index in [-0.39, 0.29) is 29.6 Å². The van der Waals surface area contributed by atoms with Crippen LogP contribution in [0.4, 0.5) is 8.78 Å². The molecule has 0 aliphatic carbocycles. The Morgan fingerprint density at radius 3 is 2.55 bits per heavy atom. The van der Waals surface area contributed by atoms with Gasteiger partial charge in [-0.25, -0.2) is 8.78 Å². The predicted molar refractivity (Wildman–Crippen MR) is 72.7 cm³/mol. The molecule has 2 nitrogen and oxygen atoms in total. The third kappa shape index (κ3) is 3.26. The van der Waals surface area contributed by atoms with Gasteiger partial charge in [-0.2, -0.15) is 0 Å². The van der Waals surface area contributed by atoms with Gasteiger partial charge >= 0.3 is 0 Å². The van der Waals surface area contributed by atoms with Crippen molar-refractivity contribution < 1.29 is 13.6 Å². The van der Waals surface area contributed by atoms with Crippen molar-refractivity contribution in [3.05, 3.63) is 65.0 Å². The van der Waals surface area contributed by atoms with Gasteiger partial charge in [-0.1, -0.05) is 26.0 Å². The van der Waals surface area contributed by atoms with Crippen LogP contribution in [0.2, 0.25) is 0 Å². The van der Waals surface area contributed by atoms with Crippen molar-refractivity contribution in [3.8, 4) is 0 Å². The molecule has 1 heterocycles. The van der Waals surface area contributed by atoms with Crippen molar-refractivity contribution in [1.29, 1.82) is 0 Å². The van der Waals surface area contributed by atoms with E-state index in [1.54, 1.807) is 12.1 Å². The van der Waals surface area contributed by atoms with E-state index in [4.69, 9.17) is 0 Å². The molecule has 0 saturated carbocycles. The first kappa shape index (κ1) is 14.3. The summed E-state index contributed by atoms with van der Waals surface area (Å²) in [4.78, 5) is 15.8. The second kappa shape index (κ2) is 5.90. The van der Waals surface area contributed by atoms with Crippen LogP contribution in [0, 0.1) is 11.6 Å². The molecule has 1 aromatic heterocycles. The second-order valence-corrected chi connectivity index (χ2v) is 4.97. The number of ketones is 1. The monoisotopic (exact) mass is 275 g/mol. The van der Waals surface area contributed by atoms with Crippen LogP contribution in [0.1, 0.15) is 41.4 Å². The number of carbonyl (C=O) groups is 1. The summed E-state index contributed by atoms with van der Waals surface area (Å²) in [5, 5.41) is 0. The van der Waals surface area contributed by atoms with Gasteiger partial charge in [0.15, 0.2) is 5.78 Å². The van der Waals surface area contributed by atoms with Gasteiger partial charge < -0.3 is 0 Å². The Kier molecular flexibility index (Phi) is 4.23. The Morgan fingerprint density at radius 2 is 1.95 bits per heavy atom. The average molecular weight is 275 g/mol. The Hall–Kier alpha value is -2.10. The summed E-state index contributed by atoms with van der Waals surface area (Å²) in [7, 11) is 0. The SMILES string of the molecule is CC(C)c1cc(CC(=O)c2ccc(F)cn2)ccc1F. The number of pyridine rings is 1. The third-order valence-corrected chi connectivity index (χ3v) is 3.06. The van der Waals surface area contributed by atoms with Crippen molar-refractivity contribution in [2.45, 2.75) is 26.2 Å². The zero-order chi connectivity index (χ0) is 14.7. The highest BCUT2D eigenvalue weighted by molar-refractivity contribution is 5.95. The lowest BCUT2D eigenvalue weighted by atomic mass is 9.97. The summed E-state index contributed by atoms with van der Waals surface area (Å²) < 4.78 is 26.3. The molecule has 0 N–H and O–H groups in total. The van der Waals surface area contributed by atoms with E-state index < -0.39 is 5.82 Å². The minimum absolute atomic E-state index is 0.0500. The lowest BCUT2D eigenvalue weighted by molar-refractivity contribution is 0.0988. The number of hydrogen-bond acceptors (Lipinski definition) is 2. The zero-order valence-electron chi connectivity index (χ0n) is 11.4. The molecule has 0 spiro atoms. The first-order valence-electron chi connectivity index (χ1n) is 6.40. The van der Waals surface area contributed by atoms with E-state index in [1.807, 2.05) is 13.8 Å². The largest absolute Gasteiger partial charge is 0.292 e. The second-order valence-electron chi connectivity index (χ2n) is 4.97. The summed E-state index contributed by atoms with van der Waals surface area (Å²) >= 11 is 0. The van der Waals surface area contributed by atoms with Crippen LogP contribution in [-0.4, -0.2) is 10.8 Å². The Bertz CT molecular complexity index is 621. The van der Waals surface area contributed by atoms with E-state index in [1.165, 1.54) is 18.2 Å². The van der Waals surface area contributed by atoms with Gasteiger partial charge in [0.05, 0.1) is 6.20 Å². The van der Waals surface area contributed by atoms with Gasteiger partial charge in [0.25, 0.3) is 0 Å². The fourth-order valence-electron chi connectivity index (χ4n) is 1.96. The topological polar surface area (TPSA) is 30.0 Å². The average Bonchev–Trinajstić information content (AvgIpc) is 2.41. The highest BCUT2D eigenvalue weighted by Crippen LogP contribution is 2.20. The van der Waals surface area contributed by atoms with Gasteiger partial charge in [-0.15, -0.1) is 0 Å². The first-order chi connectivity index (χ1) is 9.47. The van der Waals surface area contributed by atoms with Crippen LogP contribution >= 0.6 is 0 Å². The molecular formula is C16H15F2NO. The van der Waals surface area contributed by atoms with Crippen LogP contribution in [-0.2, 0) is 6.42 Å². The first-order valence-corrected chi connectivity index (χ1v) is 6.40. The van der Waals surface area contributed by atoms with E-state index >= 15 is 0 Å². The molecule has 4 heteroatoms. The maximum absolute atomic E-state index is 13.6. The molecule has 0 aliphatic heterocycles. The van der Waals surface area contributed by atoms with Gasteiger partial charge in [-0.3, -0.25) is 9.78 Å². The van der Waals surface area contributed by atoms with Crippen LogP contribution in [0.3, 0.4) is 0 Å². The molecule has 0 aliphatic rings. The molecule has 0 fully saturated rings. The smallest absolute Gasteiger partial charge is 0.185 e. The van der Waals surface area contributed by atoms with Gasteiger partial charge in [0.1, 0.15) is 17.3 Å². The zero-order valence-corrected chi connectivity index (χ0v) is 11.4. The third-order valence-electron chi connectivity index (χ3n) is 3.06. The quantitative estimate of drug-likeness (QED) is 0.792. The summed E-state index contributed by atoms with van der Waals surface area (Å²) in [6.45, 7) is 3.79. The van der Waals surface area contributed by atoms with Crippen molar-refractivity contribution in [3.63, 3.8) is 0 Å². The van der Waals surface area contributed by atoms with E-state index in [0.29, 0.717) is 5.56 Å². The number of nitrogens with zero attached hydrogens (tertiary/aromatic N) is 1. The molecule has 0 atom stereocenters. The molecule has 2 aromatic rings. The van der Waals surface area contributed by atoms with Crippen molar-refractivity contribution in [2.75, 3.05) is 0 Å². The normalized spacial score (nSPS) is 10.8. The minimum atomic E-state index is -0.481. The van der Waals surface area contributed by atoms with Gasteiger partial charge in [0.2, 0.25) is 0 Å². The van der Waals surface area contributed by atoms with E-state index in [0.717, 1.165) is 11.8 Å². The Labute approximate surface area is 116 Å². The van der Waals surface area contributed by atoms with Crippen LogP contribution in [0.5, 0.6) is 0 Å². The number of carbonyl (C=O) groups excluding carboxylic acids is 1. The predicted octanol–water partition coefficient (Wildman–Crippen LogP) is 3.91. The van der Waals surface area contributed by atoms with E-state index in [2.05, 4.69) is 4.98 Å². The number of aromatic nitrogens is 1. The lowest BCUT2D eigenvalue weighted by Crippen LogP contribution is -2.07. The number of benzene rings is 1. The van der Waals surface area contributed by atoms with Gasteiger partial charge in [-0.05, 0) is 35.2 Å². The van der Waals surface area contributed by atoms with Crippen molar-refractivity contribution in [2.24, 2.45) is 0 Å². The molecule has 0 bridgehead atoms. The molecular weight excluding hydrogens is 260 g/mol. The number of Topliss-reactive ketones (excluding diaryl/α,β-unsaturated/α-hetero) is 1. The molecule has 0 amide bonds. The van der Waals surface area contributed by atoms with Crippen molar-refractivity contribution in [1.82, 2.24) is 4.98 Å².